The Morgan fingerprint density at radius 2 is 1.71 bits per heavy atom. The van der Waals surface area contributed by atoms with Crippen LogP contribution in [0.25, 0.3) is 10.2 Å². The Kier molecular flexibility index (Phi) is 9.37. The van der Waals surface area contributed by atoms with E-state index in [9.17, 15) is 4.79 Å². The second-order valence-corrected chi connectivity index (χ2v) is 8.08. The third-order valence-electron chi connectivity index (χ3n) is 4.97. The fraction of sp³-hybridized carbons (Fsp3) is 0.364. The highest BCUT2D eigenvalue weighted by molar-refractivity contribution is 7.22. The molecule has 0 aliphatic carbocycles. The van der Waals surface area contributed by atoms with E-state index in [0.717, 1.165) is 24.3 Å². The van der Waals surface area contributed by atoms with Crippen molar-refractivity contribution in [1.29, 1.82) is 0 Å². The third kappa shape index (κ3) is 5.80. The fourth-order valence-corrected chi connectivity index (χ4v) is 4.46. The van der Waals surface area contributed by atoms with Crippen LogP contribution in [0.4, 0.5) is 5.13 Å². The molecule has 168 valence electrons. The highest BCUT2D eigenvalue weighted by Crippen LogP contribution is 2.34. The van der Waals surface area contributed by atoms with E-state index in [4.69, 9.17) is 21.1 Å². The number of methoxy groups -OCH3 is 2. The molecule has 6 nitrogen and oxygen atoms in total. The molecular formula is C22H27Cl2N3O3S. The highest BCUT2D eigenvalue weighted by atomic mass is 35.5. The van der Waals surface area contributed by atoms with Gasteiger partial charge in [-0.1, -0.05) is 42.9 Å². The number of anilines is 1. The monoisotopic (exact) mass is 483 g/mol. The summed E-state index contributed by atoms with van der Waals surface area (Å²) in [7, 11) is 3.13. The number of fused-ring (bicyclic) bond motifs is 1. The number of rotatable bonds is 9. The lowest BCUT2D eigenvalue weighted by molar-refractivity contribution is 0.0983. The van der Waals surface area contributed by atoms with Gasteiger partial charge in [0.2, 0.25) is 0 Å². The lowest BCUT2D eigenvalue weighted by atomic mass is 10.1. The van der Waals surface area contributed by atoms with E-state index in [2.05, 4.69) is 23.7 Å². The normalized spacial score (nSPS) is 10.8. The lowest BCUT2D eigenvalue weighted by Gasteiger charge is -2.25. The molecule has 1 amide bonds. The van der Waals surface area contributed by atoms with Crippen LogP contribution in [0, 0.1) is 0 Å². The Bertz CT molecular complexity index is 1000. The quantitative estimate of drug-likeness (QED) is 0.408. The van der Waals surface area contributed by atoms with E-state index >= 15 is 0 Å². The average molecular weight is 484 g/mol. The van der Waals surface area contributed by atoms with Crippen molar-refractivity contribution in [2.24, 2.45) is 0 Å². The number of nitrogens with zero attached hydrogens (tertiary/aromatic N) is 3. The molecule has 0 saturated heterocycles. The topological polar surface area (TPSA) is 54.9 Å². The van der Waals surface area contributed by atoms with Crippen molar-refractivity contribution in [1.82, 2.24) is 9.88 Å². The number of carbonyl (C=O) groups excluding carboxylic acids is 1. The van der Waals surface area contributed by atoms with Crippen LogP contribution in [0.5, 0.6) is 11.5 Å². The molecule has 3 rings (SSSR count). The Labute approximate surface area is 198 Å². The van der Waals surface area contributed by atoms with Gasteiger partial charge in [0, 0.05) is 24.7 Å². The van der Waals surface area contributed by atoms with Gasteiger partial charge in [-0.25, -0.2) is 4.98 Å². The number of hydrogen-bond acceptors (Lipinski definition) is 6. The molecule has 0 fully saturated rings. The van der Waals surface area contributed by atoms with Gasteiger partial charge < -0.3 is 14.4 Å². The van der Waals surface area contributed by atoms with Crippen molar-refractivity contribution < 1.29 is 14.3 Å². The average Bonchev–Trinajstić information content (AvgIpc) is 3.21. The van der Waals surface area contributed by atoms with E-state index in [1.807, 2.05) is 18.2 Å². The maximum Gasteiger partial charge on any atom is 0.260 e. The molecule has 0 N–H and O–H groups in total. The van der Waals surface area contributed by atoms with Gasteiger partial charge in [-0.3, -0.25) is 9.69 Å². The number of carbonyl (C=O) groups is 1. The van der Waals surface area contributed by atoms with E-state index in [1.54, 1.807) is 37.3 Å². The van der Waals surface area contributed by atoms with E-state index in [-0.39, 0.29) is 18.3 Å². The van der Waals surface area contributed by atoms with Crippen molar-refractivity contribution in [3.05, 3.63) is 47.0 Å². The largest absolute Gasteiger partial charge is 0.497 e. The molecule has 0 saturated carbocycles. The van der Waals surface area contributed by atoms with E-state index in [1.165, 1.54) is 11.3 Å². The lowest BCUT2D eigenvalue weighted by Crippen LogP contribution is -2.38. The third-order valence-corrected chi connectivity index (χ3v) is 6.32. The zero-order chi connectivity index (χ0) is 21.7. The number of likely N-dealkylation sites (N-methyl/N-ethyl adjacent to an activating group) is 1. The second kappa shape index (κ2) is 11.5. The number of benzene rings is 2. The predicted molar refractivity (Wildman–Crippen MR) is 131 cm³/mol. The van der Waals surface area contributed by atoms with Crippen LogP contribution in [-0.4, -0.2) is 56.2 Å². The zero-order valence-corrected chi connectivity index (χ0v) is 20.4. The number of thiazole rings is 1. The van der Waals surface area contributed by atoms with Crippen LogP contribution in [-0.2, 0) is 0 Å². The van der Waals surface area contributed by atoms with Gasteiger partial charge in [-0.05, 0) is 37.4 Å². The van der Waals surface area contributed by atoms with Gasteiger partial charge in [-0.15, -0.1) is 12.4 Å². The molecular weight excluding hydrogens is 457 g/mol. The molecule has 31 heavy (non-hydrogen) atoms. The molecule has 2 aromatic carbocycles. The molecule has 1 aromatic heterocycles. The van der Waals surface area contributed by atoms with Crippen molar-refractivity contribution in [2.45, 2.75) is 13.8 Å². The fourth-order valence-electron chi connectivity index (χ4n) is 3.17. The maximum absolute atomic E-state index is 13.6. The summed E-state index contributed by atoms with van der Waals surface area (Å²) in [5.74, 6) is 0.969. The van der Waals surface area contributed by atoms with E-state index in [0.29, 0.717) is 39.3 Å². The van der Waals surface area contributed by atoms with Gasteiger partial charge in [0.05, 0.1) is 23.9 Å². The summed E-state index contributed by atoms with van der Waals surface area (Å²) in [6.45, 7) is 7.30. The summed E-state index contributed by atoms with van der Waals surface area (Å²) in [5, 5.41) is 1.20. The van der Waals surface area contributed by atoms with E-state index < -0.39 is 0 Å². The highest BCUT2D eigenvalue weighted by Gasteiger charge is 2.23. The van der Waals surface area contributed by atoms with Crippen LogP contribution in [0.15, 0.2) is 36.4 Å². The first-order valence-electron chi connectivity index (χ1n) is 9.83. The Morgan fingerprint density at radius 1 is 1.06 bits per heavy atom. The molecule has 0 bridgehead atoms. The number of ether oxygens (including phenoxy) is 2. The minimum absolute atomic E-state index is 0. The summed E-state index contributed by atoms with van der Waals surface area (Å²) in [4.78, 5) is 22.2. The van der Waals surface area contributed by atoms with Crippen LogP contribution < -0.4 is 14.4 Å². The van der Waals surface area contributed by atoms with Gasteiger partial charge in [0.1, 0.15) is 17.0 Å². The van der Waals surface area contributed by atoms with Crippen LogP contribution >= 0.6 is 35.3 Å². The second-order valence-electron chi connectivity index (χ2n) is 6.67. The smallest absolute Gasteiger partial charge is 0.260 e. The minimum atomic E-state index is -0.158. The Balaban J connectivity index is 0.00000341. The number of aromatic nitrogens is 1. The first kappa shape index (κ1) is 25.2. The van der Waals surface area contributed by atoms with Gasteiger partial charge >= 0.3 is 0 Å². The van der Waals surface area contributed by atoms with Crippen molar-refractivity contribution in [3.8, 4) is 11.5 Å². The molecule has 3 aromatic rings. The summed E-state index contributed by atoms with van der Waals surface area (Å²) in [6, 6.07) is 10.8. The molecule has 0 spiro atoms. The summed E-state index contributed by atoms with van der Waals surface area (Å²) in [6.07, 6.45) is 0. The molecule has 9 heteroatoms. The molecule has 0 aliphatic heterocycles. The molecule has 0 unspecified atom stereocenters. The van der Waals surface area contributed by atoms with Crippen molar-refractivity contribution >= 4 is 56.6 Å². The molecule has 0 aliphatic rings. The standard InChI is InChI=1S/C22H26ClN3O3S.ClH/c1-5-25(6-2)10-11-26(22-24-20-18(23)8-7-9-19(20)30-22)21(27)15-12-16(28-3)14-17(13-15)29-4;/h7-9,12-14H,5-6,10-11H2,1-4H3;1H. The van der Waals surface area contributed by atoms with Crippen LogP contribution in [0.3, 0.4) is 0 Å². The zero-order valence-electron chi connectivity index (χ0n) is 18.1. The number of hydrogen-bond donors (Lipinski definition) is 0. The van der Waals surface area contributed by atoms with Gasteiger partial charge in [0.15, 0.2) is 5.13 Å². The first-order valence-corrected chi connectivity index (χ1v) is 11.0. The van der Waals surface area contributed by atoms with Gasteiger partial charge in [0.25, 0.3) is 5.91 Å². The number of para-hydroxylation sites is 1. The summed E-state index contributed by atoms with van der Waals surface area (Å²) < 4.78 is 11.6. The SMILES string of the molecule is CCN(CC)CCN(C(=O)c1cc(OC)cc(OC)c1)c1nc2c(Cl)cccc2s1.Cl. The van der Waals surface area contributed by atoms with Crippen molar-refractivity contribution in [2.75, 3.05) is 45.3 Å². The Hall–Kier alpha value is -2.06. The van der Waals surface area contributed by atoms with Crippen LogP contribution in [0.1, 0.15) is 24.2 Å². The Morgan fingerprint density at radius 3 is 2.26 bits per heavy atom. The molecule has 0 atom stereocenters. The first-order chi connectivity index (χ1) is 14.5. The number of amides is 1. The summed E-state index contributed by atoms with van der Waals surface area (Å²) in [5.41, 5.74) is 1.19. The maximum atomic E-state index is 13.6. The molecule has 1 heterocycles. The molecule has 0 radical (unpaired) electrons. The van der Waals surface area contributed by atoms with Crippen LogP contribution in [0.2, 0.25) is 5.02 Å². The number of halogens is 2. The minimum Gasteiger partial charge on any atom is -0.497 e. The predicted octanol–water partition coefficient (Wildman–Crippen LogP) is 5.38. The summed E-state index contributed by atoms with van der Waals surface area (Å²) >= 11 is 7.78. The van der Waals surface area contributed by atoms with Crippen molar-refractivity contribution in [3.63, 3.8) is 0 Å². The van der Waals surface area contributed by atoms with Gasteiger partial charge in [-0.2, -0.15) is 0 Å².